The molecule has 0 amide bonds. The molecule has 2 atom stereocenters. The molecule has 6 nitrogen and oxygen atoms in total. The Bertz CT molecular complexity index is 833. The van der Waals surface area contributed by atoms with Gasteiger partial charge in [0.15, 0.2) is 0 Å². The van der Waals surface area contributed by atoms with Crippen molar-refractivity contribution < 1.29 is 9.47 Å². The van der Waals surface area contributed by atoms with Crippen LogP contribution in [0.2, 0.25) is 0 Å². The van der Waals surface area contributed by atoms with Gasteiger partial charge in [0.1, 0.15) is 23.3 Å². The first-order valence-electron chi connectivity index (χ1n) is 9.31. The molecule has 0 aliphatic carbocycles. The van der Waals surface area contributed by atoms with Gasteiger partial charge >= 0.3 is 0 Å². The van der Waals surface area contributed by atoms with Gasteiger partial charge in [-0.15, -0.1) is 0 Å². The fourth-order valence-corrected chi connectivity index (χ4v) is 4.06. The first kappa shape index (κ1) is 17.8. The zero-order valence-electron chi connectivity index (χ0n) is 15.5. The third-order valence-electron chi connectivity index (χ3n) is 5.39. The lowest BCUT2D eigenvalue weighted by Crippen LogP contribution is -2.33. The molecule has 2 fully saturated rings. The summed E-state index contributed by atoms with van der Waals surface area (Å²) in [6.45, 7) is 3.59. The minimum atomic E-state index is -0.0724. The van der Waals surface area contributed by atoms with Crippen molar-refractivity contribution in [2.75, 3.05) is 32.1 Å². The van der Waals surface area contributed by atoms with Gasteiger partial charge in [0.25, 0.3) is 0 Å². The average molecular weight is 364 g/mol. The third-order valence-corrected chi connectivity index (χ3v) is 5.39. The fourth-order valence-electron chi connectivity index (χ4n) is 4.06. The molecule has 1 N–H and O–H groups in total. The van der Waals surface area contributed by atoms with E-state index in [1.54, 1.807) is 13.2 Å². The molecule has 0 bridgehead atoms. The molecule has 1 spiro atoms. The van der Waals surface area contributed by atoms with Crippen LogP contribution < -0.4 is 10.1 Å². The second kappa shape index (κ2) is 7.55. The largest absolute Gasteiger partial charge is 0.497 e. The van der Waals surface area contributed by atoms with Gasteiger partial charge in [-0.05, 0) is 36.2 Å². The van der Waals surface area contributed by atoms with Crippen LogP contribution in [0.15, 0.2) is 42.5 Å². The number of pyridine rings is 1. The van der Waals surface area contributed by atoms with E-state index in [0.717, 1.165) is 44.0 Å². The van der Waals surface area contributed by atoms with E-state index in [9.17, 15) is 0 Å². The van der Waals surface area contributed by atoms with Crippen molar-refractivity contribution in [1.82, 2.24) is 9.88 Å². The Hall–Kier alpha value is -2.62. The molecule has 0 saturated carbocycles. The summed E-state index contributed by atoms with van der Waals surface area (Å²) in [6, 6.07) is 16.0. The van der Waals surface area contributed by atoms with Gasteiger partial charge in [0.2, 0.25) is 0 Å². The first-order valence-corrected chi connectivity index (χ1v) is 9.31. The van der Waals surface area contributed by atoms with E-state index in [2.05, 4.69) is 33.4 Å². The fraction of sp³-hybridized carbons (Fsp3) is 0.429. The Balaban J connectivity index is 1.33. The van der Waals surface area contributed by atoms with Gasteiger partial charge in [-0.2, -0.15) is 5.26 Å². The highest BCUT2D eigenvalue weighted by atomic mass is 16.5. The van der Waals surface area contributed by atoms with E-state index < -0.39 is 0 Å². The Morgan fingerprint density at radius 1 is 1.33 bits per heavy atom. The van der Waals surface area contributed by atoms with Crippen molar-refractivity contribution in [2.45, 2.75) is 31.0 Å². The molecule has 2 aliphatic rings. The monoisotopic (exact) mass is 364 g/mol. The number of ether oxygens (including phenoxy) is 2. The summed E-state index contributed by atoms with van der Waals surface area (Å²) in [5, 5.41) is 12.4. The van der Waals surface area contributed by atoms with Crippen molar-refractivity contribution in [3.8, 4) is 11.8 Å². The molecule has 0 radical (unpaired) electrons. The predicted molar refractivity (Wildman–Crippen MR) is 103 cm³/mol. The van der Waals surface area contributed by atoms with E-state index in [0.29, 0.717) is 12.3 Å². The number of nitrogens with zero attached hydrogens (tertiary/aromatic N) is 3. The van der Waals surface area contributed by atoms with Crippen molar-refractivity contribution in [1.29, 1.82) is 5.26 Å². The standard InChI is InChI=1S/C21H24N4O2/c1-26-19-7-5-16(6-8-19)13-25-10-9-21(15-25)11-18(14-27-21)24-20-4-2-3-17(12-22)23-20/h2-8,18H,9-11,13-15H2,1H3,(H,23,24)/t18-,21-/m1/s1. The second-order valence-corrected chi connectivity index (χ2v) is 7.37. The third kappa shape index (κ3) is 4.05. The highest BCUT2D eigenvalue weighted by Crippen LogP contribution is 2.36. The molecule has 140 valence electrons. The number of nitriles is 1. The van der Waals surface area contributed by atoms with Crippen molar-refractivity contribution in [3.63, 3.8) is 0 Å². The molecule has 2 saturated heterocycles. The molecule has 6 heteroatoms. The van der Waals surface area contributed by atoms with Crippen LogP contribution in [-0.2, 0) is 11.3 Å². The van der Waals surface area contributed by atoms with Crippen LogP contribution in [0.25, 0.3) is 0 Å². The summed E-state index contributed by atoms with van der Waals surface area (Å²) in [5.41, 5.74) is 1.65. The van der Waals surface area contributed by atoms with Crippen LogP contribution in [0.3, 0.4) is 0 Å². The number of rotatable bonds is 5. The maximum absolute atomic E-state index is 8.99. The number of hydrogen-bond donors (Lipinski definition) is 1. The molecule has 2 aliphatic heterocycles. The highest BCUT2D eigenvalue weighted by molar-refractivity contribution is 5.39. The predicted octanol–water partition coefficient (Wildman–Crippen LogP) is 2.81. The number of anilines is 1. The van der Waals surface area contributed by atoms with Gasteiger partial charge in [-0.3, -0.25) is 4.90 Å². The Kier molecular flexibility index (Phi) is 4.97. The Morgan fingerprint density at radius 2 is 2.19 bits per heavy atom. The first-order chi connectivity index (χ1) is 13.2. The topological polar surface area (TPSA) is 70.4 Å². The summed E-state index contributed by atoms with van der Waals surface area (Å²) < 4.78 is 11.5. The maximum Gasteiger partial charge on any atom is 0.142 e. The number of aromatic nitrogens is 1. The summed E-state index contributed by atoms with van der Waals surface area (Å²) in [7, 11) is 1.69. The van der Waals surface area contributed by atoms with Crippen LogP contribution in [0.1, 0.15) is 24.1 Å². The quantitative estimate of drug-likeness (QED) is 0.880. The minimum Gasteiger partial charge on any atom is -0.497 e. The van der Waals surface area contributed by atoms with Crippen LogP contribution in [0.5, 0.6) is 5.75 Å². The van der Waals surface area contributed by atoms with E-state index in [4.69, 9.17) is 14.7 Å². The van der Waals surface area contributed by atoms with E-state index >= 15 is 0 Å². The molecular formula is C21H24N4O2. The Morgan fingerprint density at radius 3 is 2.96 bits per heavy atom. The number of likely N-dealkylation sites (tertiary alicyclic amines) is 1. The number of hydrogen-bond acceptors (Lipinski definition) is 6. The van der Waals surface area contributed by atoms with Gasteiger partial charge in [0, 0.05) is 26.1 Å². The zero-order valence-corrected chi connectivity index (χ0v) is 15.5. The maximum atomic E-state index is 8.99. The van der Waals surface area contributed by atoms with Gasteiger partial charge in [0.05, 0.1) is 25.4 Å². The molecule has 3 heterocycles. The Labute approximate surface area is 159 Å². The summed E-state index contributed by atoms with van der Waals surface area (Å²) in [5.74, 6) is 1.63. The summed E-state index contributed by atoms with van der Waals surface area (Å²) in [6.07, 6.45) is 2.01. The van der Waals surface area contributed by atoms with E-state index in [1.807, 2.05) is 24.3 Å². The molecule has 4 rings (SSSR count). The van der Waals surface area contributed by atoms with Crippen LogP contribution in [0, 0.1) is 11.3 Å². The lowest BCUT2D eigenvalue weighted by atomic mass is 9.97. The van der Waals surface area contributed by atoms with Gasteiger partial charge < -0.3 is 14.8 Å². The average Bonchev–Trinajstić information content (AvgIpc) is 3.28. The van der Waals surface area contributed by atoms with Gasteiger partial charge in [-0.1, -0.05) is 18.2 Å². The molecular weight excluding hydrogens is 340 g/mol. The van der Waals surface area contributed by atoms with E-state index in [-0.39, 0.29) is 11.6 Å². The SMILES string of the molecule is COc1ccc(CN2CC[C@@]3(C[C@@H](Nc4cccc(C#N)n4)CO3)C2)cc1. The minimum absolute atomic E-state index is 0.0724. The van der Waals surface area contributed by atoms with Crippen LogP contribution in [-0.4, -0.2) is 48.3 Å². The zero-order chi connectivity index (χ0) is 18.7. The molecule has 0 unspecified atom stereocenters. The van der Waals surface area contributed by atoms with E-state index in [1.165, 1.54) is 5.56 Å². The summed E-state index contributed by atoms with van der Waals surface area (Å²) in [4.78, 5) is 6.76. The normalized spacial score (nSPS) is 24.8. The van der Waals surface area contributed by atoms with Crippen molar-refractivity contribution >= 4 is 5.82 Å². The molecule has 1 aromatic heterocycles. The lowest BCUT2D eigenvalue weighted by Gasteiger charge is -2.23. The second-order valence-electron chi connectivity index (χ2n) is 7.37. The number of methoxy groups -OCH3 is 1. The van der Waals surface area contributed by atoms with Crippen molar-refractivity contribution in [3.05, 3.63) is 53.7 Å². The summed E-state index contributed by atoms with van der Waals surface area (Å²) >= 11 is 0. The van der Waals surface area contributed by atoms with Crippen LogP contribution in [0.4, 0.5) is 5.82 Å². The van der Waals surface area contributed by atoms with Gasteiger partial charge in [-0.25, -0.2) is 4.98 Å². The number of nitrogens with one attached hydrogen (secondary N) is 1. The van der Waals surface area contributed by atoms with Crippen LogP contribution >= 0.6 is 0 Å². The molecule has 2 aromatic rings. The smallest absolute Gasteiger partial charge is 0.142 e. The highest BCUT2D eigenvalue weighted by Gasteiger charge is 2.45. The lowest BCUT2D eigenvalue weighted by molar-refractivity contribution is 0.0120. The molecule has 1 aromatic carbocycles. The number of benzene rings is 1. The van der Waals surface area contributed by atoms with Crippen molar-refractivity contribution in [2.24, 2.45) is 0 Å². The molecule has 27 heavy (non-hydrogen) atoms.